The molecule has 0 saturated heterocycles. The van der Waals surface area contributed by atoms with Gasteiger partial charge in [0.1, 0.15) is 0 Å². The molecule has 16 heavy (non-hydrogen) atoms. The van der Waals surface area contributed by atoms with Crippen molar-refractivity contribution >= 4 is 11.9 Å². The smallest absolute Gasteiger partial charge is 0.314 e. The van der Waals surface area contributed by atoms with Gasteiger partial charge in [-0.15, -0.1) is 0 Å². The number of carbonyl (C=O) groups is 2. The monoisotopic (exact) mass is 220 g/mol. The fourth-order valence-electron chi connectivity index (χ4n) is 1.30. The van der Waals surface area contributed by atoms with E-state index in [0.717, 1.165) is 0 Å². The minimum Gasteiger partial charge on any atom is -0.481 e. The second-order valence-corrected chi connectivity index (χ2v) is 3.25. The largest absolute Gasteiger partial charge is 0.481 e. The van der Waals surface area contributed by atoms with E-state index in [1.807, 2.05) is 0 Å². The molecule has 0 aliphatic rings. The lowest BCUT2D eigenvalue weighted by Crippen LogP contribution is -2.08. The van der Waals surface area contributed by atoms with Gasteiger partial charge in [-0.25, -0.2) is 0 Å². The second kappa shape index (κ2) is 5.70. The van der Waals surface area contributed by atoms with Crippen molar-refractivity contribution in [2.24, 2.45) is 0 Å². The van der Waals surface area contributed by atoms with Crippen LogP contribution in [0, 0.1) is 0 Å². The summed E-state index contributed by atoms with van der Waals surface area (Å²) in [5.74, 6) is -2.76. The third-order valence-electron chi connectivity index (χ3n) is 2.05. The van der Waals surface area contributed by atoms with Crippen LogP contribution in [0.15, 0.2) is 42.5 Å². The third-order valence-corrected chi connectivity index (χ3v) is 2.05. The van der Waals surface area contributed by atoms with Crippen LogP contribution in [0.25, 0.3) is 0 Å². The van der Waals surface area contributed by atoms with Crippen LogP contribution in [0.2, 0.25) is 0 Å². The number of carboxylic acids is 2. The molecule has 0 heterocycles. The highest BCUT2D eigenvalue weighted by atomic mass is 16.4. The Morgan fingerprint density at radius 1 is 1.19 bits per heavy atom. The Morgan fingerprint density at radius 3 is 2.31 bits per heavy atom. The molecule has 1 aromatic carbocycles. The van der Waals surface area contributed by atoms with E-state index < -0.39 is 17.9 Å². The average molecular weight is 220 g/mol. The number of benzene rings is 1. The zero-order valence-electron chi connectivity index (χ0n) is 8.54. The van der Waals surface area contributed by atoms with Gasteiger partial charge in [-0.05, 0) is 5.56 Å². The first-order chi connectivity index (χ1) is 7.61. The van der Waals surface area contributed by atoms with Gasteiger partial charge < -0.3 is 10.2 Å². The van der Waals surface area contributed by atoms with Gasteiger partial charge in [0.15, 0.2) is 0 Å². The van der Waals surface area contributed by atoms with Crippen LogP contribution in [0.5, 0.6) is 0 Å². The van der Waals surface area contributed by atoms with Gasteiger partial charge in [-0.2, -0.15) is 0 Å². The van der Waals surface area contributed by atoms with Gasteiger partial charge in [-0.1, -0.05) is 42.5 Å². The molecule has 0 saturated carbocycles. The fourth-order valence-corrected chi connectivity index (χ4v) is 1.30. The molecule has 1 atom stereocenters. The van der Waals surface area contributed by atoms with E-state index in [4.69, 9.17) is 10.2 Å². The van der Waals surface area contributed by atoms with Gasteiger partial charge in [0.05, 0.1) is 12.3 Å². The summed E-state index contributed by atoms with van der Waals surface area (Å²) >= 11 is 0. The number of hydrogen-bond acceptors (Lipinski definition) is 2. The molecule has 4 nitrogen and oxygen atoms in total. The van der Waals surface area contributed by atoms with Gasteiger partial charge in [0.2, 0.25) is 0 Å². The molecule has 0 spiro atoms. The van der Waals surface area contributed by atoms with Crippen molar-refractivity contribution in [2.75, 3.05) is 0 Å². The lowest BCUT2D eigenvalue weighted by molar-refractivity contribution is -0.138. The second-order valence-electron chi connectivity index (χ2n) is 3.25. The fraction of sp³-hybridized carbons (Fsp3) is 0.167. The quantitative estimate of drug-likeness (QED) is 0.743. The number of carboxylic acid groups (broad SMARTS) is 2. The van der Waals surface area contributed by atoms with E-state index in [-0.39, 0.29) is 6.42 Å². The zero-order valence-corrected chi connectivity index (χ0v) is 8.54. The summed E-state index contributed by atoms with van der Waals surface area (Å²) in [6.45, 7) is 0. The van der Waals surface area contributed by atoms with Crippen molar-refractivity contribution in [3.63, 3.8) is 0 Å². The van der Waals surface area contributed by atoms with Crippen molar-refractivity contribution < 1.29 is 19.8 Å². The van der Waals surface area contributed by atoms with Crippen LogP contribution in [0.3, 0.4) is 0 Å². The number of aliphatic carboxylic acids is 2. The molecule has 0 amide bonds. The Hall–Kier alpha value is -2.10. The standard InChI is InChI=1S/C12H12O4/c13-11(14)8-4-7-10(12(15)16)9-5-2-1-3-6-9/h1-7,10H,8H2,(H,13,14)(H,15,16)/b7-4-. The molecule has 2 N–H and O–H groups in total. The van der Waals surface area contributed by atoms with Crippen LogP contribution >= 0.6 is 0 Å². The van der Waals surface area contributed by atoms with Crippen LogP contribution in [0.4, 0.5) is 0 Å². The summed E-state index contributed by atoms with van der Waals surface area (Å²) in [5.41, 5.74) is 0.636. The van der Waals surface area contributed by atoms with Gasteiger partial charge >= 0.3 is 11.9 Å². The topological polar surface area (TPSA) is 74.6 Å². The molecular formula is C12H12O4. The van der Waals surface area contributed by atoms with E-state index in [1.54, 1.807) is 30.3 Å². The summed E-state index contributed by atoms with van der Waals surface area (Å²) in [6.07, 6.45) is 2.58. The Labute approximate surface area is 92.8 Å². The maximum atomic E-state index is 11.0. The van der Waals surface area contributed by atoms with E-state index in [0.29, 0.717) is 5.56 Å². The van der Waals surface area contributed by atoms with E-state index in [1.165, 1.54) is 12.2 Å². The van der Waals surface area contributed by atoms with Crippen molar-refractivity contribution in [1.29, 1.82) is 0 Å². The maximum Gasteiger partial charge on any atom is 0.314 e. The summed E-state index contributed by atoms with van der Waals surface area (Å²) < 4.78 is 0. The molecule has 1 rings (SSSR count). The molecule has 0 radical (unpaired) electrons. The first-order valence-electron chi connectivity index (χ1n) is 4.77. The third kappa shape index (κ3) is 3.57. The van der Waals surface area contributed by atoms with Gasteiger partial charge in [0, 0.05) is 0 Å². The van der Waals surface area contributed by atoms with Crippen molar-refractivity contribution in [3.8, 4) is 0 Å². The highest BCUT2D eigenvalue weighted by Crippen LogP contribution is 2.17. The molecular weight excluding hydrogens is 208 g/mol. The van der Waals surface area contributed by atoms with Crippen LogP contribution in [0.1, 0.15) is 17.9 Å². The molecule has 0 aliphatic carbocycles. The summed E-state index contributed by atoms with van der Waals surface area (Å²) in [4.78, 5) is 21.3. The van der Waals surface area contributed by atoms with Crippen LogP contribution < -0.4 is 0 Å². The van der Waals surface area contributed by atoms with Crippen molar-refractivity contribution in [2.45, 2.75) is 12.3 Å². The lowest BCUT2D eigenvalue weighted by atomic mass is 9.98. The zero-order chi connectivity index (χ0) is 12.0. The molecule has 1 aromatic rings. The normalized spacial score (nSPS) is 12.5. The van der Waals surface area contributed by atoms with E-state index >= 15 is 0 Å². The molecule has 0 aromatic heterocycles. The molecule has 0 bridgehead atoms. The maximum absolute atomic E-state index is 11.0. The SMILES string of the molecule is O=C(O)C/C=C\C(C(=O)O)c1ccccc1. The van der Waals surface area contributed by atoms with Gasteiger partial charge in [0.25, 0.3) is 0 Å². The molecule has 0 aliphatic heterocycles. The highest BCUT2D eigenvalue weighted by Gasteiger charge is 2.15. The minimum atomic E-state index is -0.993. The average Bonchev–Trinajstić information content (AvgIpc) is 2.25. The van der Waals surface area contributed by atoms with E-state index in [9.17, 15) is 9.59 Å². The molecule has 1 unspecified atom stereocenters. The molecule has 84 valence electrons. The Morgan fingerprint density at radius 2 is 1.81 bits per heavy atom. The Bertz CT molecular complexity index is 395. The van der Waals surface area contributed by atoms with Crippen LogP contribution in [-0.2, 0) is 9.59 Å². The Balaban J connectivity index is 2.81. The summed E-state index contributed by atoms with van der Waals surface area (Å²) in [5, 5.41) is 17.4. The minimum absolute atomic E-state index is 0.170. The Kier molecular flexibility index (Phi) is 4.27. The summed E-state index contributed by atoms with van der Waals surface area (Å²) in [7, 11) is 0. The molecule has 0 fully saturated rings. The highest BCUT2D eigenvalue weighted by molar-refractivity contribution is 5.78. The first kappa shape index (κ1) is 12.0. The number of hydrogen-bond donors (Lipinski definition) is 2. The lowest BCUT2D eigenvalue weighted by Gasteiger charge is -2.06. The van der Waals surface area contributed by atoms with Crippen LogP contribution in [-0.4, -0.2) is 22.2 Å². The van der Waals surface area contributed by atoms with Crippen molar-refractivity contribution in [1.82, 2.24) is 0 Å². The summed E-state index contributed by atoms with van der Waals surface area (Å²) in [6, 6.07) is 8.68. The van der Waals surface area contributed by atoms with E-state index in [2.05, 4.69) is 0 Å². The number of rotatable bonds is 5. The predicted molar refractivity (Wildman–Crippen MR) is 58.2 cm³/mol. The van der Waals surface area contributed by atoms with Gasteiger partial charge in [-0.3, -0.25) is 9.59 Å². The predicted octanol–water partition coefficient (Wildman–Crippen LogP) is 1.89. The first-order valence-corrected chi connectivity index (χ1v) is 4.77. The molecule has 4 heteroatoms. The van der Waals surface area contributed by atoms with Crippen molar-refractivity contribution in [3.05, 3.63) is 48.0 Å².